The first-order valence-corrected chi connectivity index (χ1v) is 8.01. The van der Waals surface area contributed by atoms with E-state index in [-0.39, 0.29) is 0 Å². The fourth-order valence-electron chi connectivity index (χ4n) is 2.79. The highest BCUT2D eigenvalue weighted by Crippen LogP contribution is 2.27. The Balaban J connectivity index is 1.85. The second-order valence-corrected chi connectivity index (χ2v) is 5.89. The van der Waals surface area contributed by atoms with E-state index in [0.29, 0.717) is 11.8 Å². The molecule has 2 aromatic carbocycles. The minimum Gasteiger partial charge on any atom is -0.495 e. The predicted octanol–water partition coefficient (Wildman–Crippen LogP) is 4.29. The van der Waals surface area contributed by atoms with Crippen LogP contribution in [-0.4, -0.2) is 22.3 Å². The molecule has 0 saturated heterocycles. The van der Waals surface area contributed by atoms with Crippen molar-refractivity contribution in [2.24, 2.45) is 0 Å². The monoisotopic (exact) mass is 335 g/mol. The minimum absolute atomic E-state index is 0.440. The van der Waals surface area contributed by atoms with Gasteiger partial charge in [-0.15, -0.1) is 5.10 Å². The molecule has 25 heavy (non-hydrogen) atoms. The van der Waals surface area contributed by atoms with Gasteiger partial charge in [0.2, 0.25) is 5.95 Å². The number of aryl methyl sites for hydroxylation is 3. The topological polar surface area (TPSA) is 72.0 Å². The third kappa shape index (κ3) is 3.85. The van der Waals surface area contributed by atoms with Gasteiger partial charge in [-0.3, -0.25) is 0 Å². The lowest BCUT2D eigenvalue weighted by Crippen LogP contribution is -2.05. The molecule has 0 bridgehead atoms. The van der Waals surface area contributed by atoms with Gasteiger partial charge in [-0.25, -0.2) is 0 Å². The molecular formula is C19H21N5O. The summed E-state index contributed by atoms with van der Waals surface area (Å²) in [6.45, 7) is 6.21. The molecule has 0 unspecified atom stereocenters. The van der Waals surface area contributed by atoms with Crippen LogP contribution in [0.25, 0.3) is 0 Å². The third-order valence-corrected chi connectivity index (χ3v) is 3.84. The third-order valence-electron chi connectivity index (χ3n) is 3.84. The molecule has 0 amide bonds. The molecule has 1 aromatic heterocycles. The summed E-state index contributed by atoms with van der Waals surface area (Å²) in [5.74, 6) is 1.76. The zero-order valence-electron chi connectivity index (χ0n) is 14.8. The van der Waals surface area contributed by atoms with E-state index in [1.165, 1.54) is 5.56 Å². The van der Waals surface area contributed by atoms with Crippen LogP contribution in [-0.2, 0) is 0 Å². The maximum Gasteiger partial charge on any atom is 0.249 e. The van der Waals surface area contributed by atoms with E-state index in [2.05, 4.69) is 58.7 Å². The van der Waals surface area contributed by atoms with Crippen LogP contribution in [0, 0.1) is 20.8 Å². The molecule has 0 radical (unpaired) electrons. The van der Waals surface area contributed by atoms with Crippen molar-refractivity contribution < 1.29 is 4.74 Å². The highest BCUT2D eigenvalue weighted by atomic mass is 16.5. The second-order valence-electron chi connectivity index (χ2n) is 5.89. The lowest BCUT2D eigenvalue weighted by atomic mass is 10.1. The van der Waals surface area contributed by atoms with Crippen LogP contribution in [0.5, 0.6) is 5.75 Å². The Morgan fingerprint density at radius 2 is 1.68 bits per heavy atom. The summed E-state index contributed by atoms with van der Waals surface area (Å²) in [6.07, 6.45) is 1.58. The molecule has 1 heterocycles. The van der Waals surface area contributed by atoms with Gasteiger partial charge in [-0.05, 0) is 44.0 Å². The Hall–Kier alpha value is -3.15. The van der Waals surface area contributed by atoms with Crippen LogP contribution in [0.2, 0.25) is 0 Å². The number of methoxy groups -OCH3 is 1. The van der Waals surface area contributed by atoms with Gasteiger partial charge in [0, 0.05) is 5.69 Å². The average molecular weight is 335 g/mol. The zero-order valence-corrected chi connectivity index (χ0v) is 14.8. The number of hydrogen-bond acceptors (Lipinski definition) is 6. The Morgan fingerprint density at radius 3 is 2.40 bits per heavy atom. The molecular weight excluding hydrogens is 314 g/mol. The number of nitrogens with zero attached hydrogens (tertiary/aromatic N) is 3. The van der Waals surface area contributed by atoms with E-state index >= 15 is 0 Å². The SMILES string of the molecule is COc1ccccc1Nc1cnnc(Nc2c(C)cc(C)cc2C)n1. The lowest BCUT2D eigenvalue weighted by molar-refractivity contribution is 0.417. The molecule has 6 nitrogen and oxygen atoms in total. The second kappa shape index (κ2) is 7.17. The standard InChI is InChI=1S/C19H21N5O/c1-12-9-13(2)18(14(3)10-12)23-19-22-17(11-20-24-19)21-15-7-5-6-8-16(15)25-4/h5-11H,1-4H3,(H2,21,22,23,24). The van der Waals surface area contributed by atoms with Crippen molar-refractivity contribution in [2.45, 2.75) is 20.8 Å². The number of hydrogen-bond donors (Lipinski definition) is 2. The fourth-order valence-corrected chi connectivity index (χ4v) is 2.79. The first-order chi connectivity index (χ1) is 12.1. The van der Waals surface area contributed by atoms with Gasteiger partial charge in [-0.2, -0.15) is 10.1 Å². The lowest BCUT2D eigenvalue weighted by Gasteiger charge is -2.13. The van der Waals surface area contributed by atoms with Gasteiger partial charge in [0.1, 0.15) is 5.75 Å². The van der Waals surface area contributed by atoms with E-state index < -0.39 is 0 Å². The van der Waals surface area contributed by atoms with Crippen molar-refractivity contribution in [1.29, 1.82) is 0 Å². The van der Waals surface area contributed by atoms with Crippen LogP contribution in [0.1, 0.15) is 16.7 Å². The van der Waals surface area contributed by atoms with Gasteiger partial charge in [0.05, 0.1) is 19.0 Å². The number of benzene rings is 2. The average Bonchev–Trinajstić information content (AvgIpc) is 2.59. The zero-order chi connectivity index (χ0) is 17.8. The Bertz CT molecular complexity index is 871. The number of para-hydroxylation sites is 2. The molecule has 0 saturated carbocycles. The molecule has 0 atom stereocenters. The number of anilines is 4. The number of aromatic nitrogens is 3. The predicted molar refractivity (Wildman–Crippen MR) is 100 cm³/mol. The summed E-state index contributed by atoms with van der Waals surface area (Å²) in [5.41, 5.74) is 5.33. The quantitative estimate of drug-likeness (QED) is 0.724. The summed E-state index contributed by atoms with van der Waals surface area (Å²) in [7, 11) is 1.63. The van der Waals surface area contributed by atoms with E-state index in [0.717, 1.165) is 28.3 Å². The van der Waals surface area contributed by atoms with Crippen LogP contribution in [0.4, 0.5) is 23.1 Å². The summed E-state index contributed by atoms with van der Waals surface area (Å²) in [5, 5.41) is 14.6. The van der Waals surface area contributed by atoms with Gasteiger partial charge in [0.15, 0.2) is 5.82 Å². The van der Waals surface area contributed by atoms with E-state index in [1.54, 1.807) is 13.3 Å². The van der Waals surface area contributed by atoms with E-state index in [1.807, 2.05) is 24.3 Å². The van der Waals surface area contributed by atoms with Crippen LogP contribution in [0.3, 0.4) is 0 Å². The van der Waals surface area contributed by atoms with E-state index in [4.69, 9.17) is 4.74 Å². The van der Waals surface area contributed by atoms with Gasteiger partial charge < -0.3 is 15.4 Å². The van der Waals surface area contributed by atoms with Crippen molar-refractivity contribution in [3.8, 4) is 5.75 Å². The smallest absolute Gasteiger partial charge is 0.249 e. The first-order valence-electron chi connectivity index (χ1n) is 8.01. The summed E-state index contributed by atoms with van der Waals surface area (Å²) in [4.78, 5) is 4.49. The number of nitrogens with one attached hydrogen (secondary N) is 2. The Kier molecular flexibility index (Phi) is 4.79. The van der Waals surface area contributed by atoms with Crippen molar-refractivity contribution >= 4 is 23.1 Å². The molecule has 0 spiro atoms. The first kappa shape index (κ1) is 16.7. The van der Waals surface area contributed by atoms with Crippen molar-refractivity contribution in [3.63, 3.8) is 0 Å². The summed E-state index contributed by atoms with van der Waals surface area (Å²) >= 11 is 0. The molecule has 0 aliphatic rings. The van der Waals surface area contributed by atoms with Crippen LogP contribution in [0.15, 0.2) is 42.6 Å². The molecule has 0 aliphatic heterocycles. The van der Waals surface area contributed by atoms with Crippen LogP contribution < -0.4 is 15.4 Å². The van der Waals surface area contributed by atoms with E-state index in [9.17, 15) is 0 Å². The van der Waals surface area contributed by atoms with Crippen molar-refractivity contribution in [2.75, 3.05) is 17.7 Å². The minimum atomic E-state index is 0.440. The van der Waals surface area contributed by atoms with Crippen molar-refractivity contribution in [3.05, 3.63) is 59.3 Å². The largest absolute Gasteiger partial charge is 0.495 e. The maximum absolute atomic E-state index is 5.34. The molecule has 3 aromatic rings. The Labute approximate surface area is 147 Å². The molecule has 2 N–H and O–H groups in total. The molecule has 0 fully saturated rings. The summed E-state index contributed by atoms with van der Waals surface area (Å²) < 4.78 is 5.34. The Morgan fingerprint density at radius 1 is 0.960 bits per heavy atom. The highest BCUT2D eigenvalue weighted by molar-refractivity contribution is 5.66. The number of rotatable bonds is 5. The number of ether oxygens (including phenoxy) is 1. The molecule has 0 aliphatic carbocycles. The molecule has 3 rings (SSSR count). The normalized spacial score (nSPS) is 10.4. The van der Waals surface area contributed by atoms with Crippen LogP contribution >= 0.6 is 0 Å². The van der Waals surface area contributed by atoms with Gasteiger partial charge in [0.25, 0.3) is 0 Å². The van der Waals surface area contributed by atoms with Gasteiger partial charge in [-0.1, -0.05) is 29.8 Å². The van der Waals surface area contributed by atoms with Gasteiger partial charge >= 0.3 is 0 Å². The maximum atomic E-state index is 5.34. The molecule has 128 valence electrons. The van der Waals surface area contributed by atoms with Crippen molar-refractivity contribution in [1.82, 2.24) is 15.2 Å². The summed E-state index contributed by atoms with van der Waals surface area (Å²) in [6, 6.07) is 11.9. The molecule has 6 heteroatoms. The fraction of sp³-hybridized carbons (Fsp3) is 0.211. The highest BCUT2D eigenvalue weighted by Gasteiger charge is 2.08.